The molecule has 0 radical (unpaired) electrons. The molecule has 3 aromatic rings. The van der Waals surface area contributed by atoms with Gasteiger partial charge in [0.1, 0.15) is 5.75 Å². The molecule has 2 aliphatic rings. The van der Waals surface area contributed by atoms with E-state index in [0.717, 1.165) is 44.3 Å². The summed E-state index contributed by atoms with van der Waals surface area (Å²) in [7, 11) is 0. The first-order valence-corrected chi connectivity index (χ1v) is 10.3. The number of hydrogen-bond acceptors (Lipinski definition) is 4. The second-order valence-corrected chi connectivity index (χ2v) is 7.90. The Hall–Kier alpha value is -2.98. The van der Waals surface area contributed by atoms with Crippen molar-refractivity contribution in [1.29, 1.82) is 0 Å². The Morgan fingerprint density at radius 2 is 1.64 bits per heavy atom. The van der Waals surface area contributed by atoms with E-state index in [1.165, 1.54) is 0 Å². The van der Waals surface area contributed by atoms with Crippen molar-refractivity contribution in [1.82, 2.24) is 0 Å². The average Bonchev–Trinajstić information content (AvgIpc) is 2.90. The molecule has 1 N–H and O–H groups in total. The molecule has 0 saturated carbocycles. The fourth-order valence-electron chi connectivity index (χ4n) is 3.88. The number of hydrogen-bond donors (Lipinski definition) is 1. The molecule has 28 heavy (non-hydrogen) atoms. The van der Waals surface area contributed by atoms with E-state index in [4.69, 9.17) is 4.74 Å². The van der Waals surface area contributed by atoms with Crippen LogP contribution in [0.15, 0.2) is 83.3 Å². The summed E-state index contributed by atoms with van der Waals surface area (Å²) in [5.41, 5.74) is 5.50. The lowest BCUT2D eigenvalue weighted by molar-refractivity contribution is 0.103. The van der Waals surface area contributed by atoms with E-state index in [1.54, 1.807) is 11.8 Å². The number of nitrogens with one attached hydrogen (secondary N) is 1. The van der Waals surface area contributed by atoms with Crippen LogP contribution in [0, 0.1) is 0 Å². The van der Waals surface area contributed by atoms with Crippen LogP contribution in [-0.2, 0) is 0 Å². The molecule has 0 aromatic heterocycles. The van der Waals surface area contributed by atoms with Gasteiger partial charge in [0.25, 0.3) is 0 Å². The van der Waals surface area contributed by atoms with E-state index in [9.17, 15) is 4.79 Å². The number of thioether (sulfide) groups is 1. The summed E-state index contributed by atoms with van der Waals surface area (Å²) in [5, 5.41) is 3.41. The Labute approximate surface area is 168 Å². The zero-order valence-corrected chi connectivity index (χ0v) is 16.3. The second-order valence-electron chi connectivity index (χ2n) is 6.75. The molecule has 4 heteroatoms. The third-order valence-corrected chi connectivity index (χ3v) is 6.45. The summed E-state index contributed by atoms with van der Waals surface area (Å²) in [6.07, 6.45) is 0. The average molecular weight is 385 g/mol. The molecule has 0 amide bonds. The number of ketones is 1. The second kappa shape index (κ2) is 6.88. The Balaban J connectivity index is 1.75. The number of benzene rings is 3. The van der Waals surface area contributed by atoms with E-state index < -0.39 is 0 Å². The van der Waals surface area contributed by atoms with Gasteiger partial charge in [0.2, 0.25) is 0 Å². The lowest BCUT2D eigenvalue weighted by atomic mass is 10.00. The van der Waals surface area contributed by atoms with Gasteiger partial charge in [-0.05, 0) is 25.1 Å². The summed E-state index contributed by atoms with van der Waals surface area (Å²) in [4.78, 5) is 14.6. The maximum Gasteiger partial charge on any atom is 0.193 e. The van der Waals surface area contributed by atoms with Crippen LogP contribution < -0.4 is 10.1 Å². The molecule has 0 unspecified atom stereocenters. The van der Waals surface area contributed by atoms with Crippen LogP contribution in [0.4, 0.5) is 5.69 Å². The van der Waals surface area contributed by atoms with Crippen molar-refractivity contribution < 1.29 is 9.53 Å². The summed E-state index contributed by atoms with van der Waals surface area (Å²) in [6, 6.07) is 24.1. The van der Waals surface area contributed by atoms with Crippen molar-refractivity contribution in [3.8, 4) is 5.75 Å². The lowest BCUT2D eigenvalue weighted by Crippen LogP contribution is -2.09. The standard InChI is InChI=1S/C24H19NO2S/c1-2-27-19-13-7-5-11-17(19)24-21-22(15-9-3-4-10-16(15)23(21)26)25-18-12-6-8-14-20(18)28-24/h3-14,24-25H,2H2,1H3/t24-/m0/s1. The fourth-order valence-corrected chi connectivity index (χ4v) is 5.21. The van der Waals surface area contributed by atoms with E-state index in [0.29, 0.717) is 6.61 Å². The number of ether oxygens (including phenoxy) is 1. The molecule has 5 rings (SSSR count). The van der Waals surface area contributed by atoms with Crippen LogP contribution in [0.25, 0.3) is 5.70 Å². The predicted octanol–water partition coefficient (Wildman–Crippen LogP) is 5.95. The molecule has 0 bridgehead atoms. The van der Waals surface area contributed by atoms with Crippen LogP contribution in [-0.4, -0.2) is 12.4 Å². The largest absolute Gasteiger partial charge is 0.494 e. The topological polar surface area (TPSA) is 38.3 Å². The van der Waals surface area contributed by atoms with Gasteiger partial charge < -0.3 is 10.1 Å². The molecule has 1 heterocycles. The quantitative estimate of drug-likeness (QED) is 0.604. The predicted molar refractivity (Wildman–Crippen MR) is 114 cm³/mol. The van der Waals surface area contributed by atoms with E-state index >= 15 is 0 Å². The van der Waals surface area contributed by atoms with Gasteiger partial charge in [-0.25, -0.2) is 0 Å². The van der Waals surface area contributed by atoms with Crippen LogP contribution in [0.1, 0.15) is 33.7 Å². The number of anilines is 1. The number of carbonyl (C=O) groups excluding carboxylic acids is 1. The number of fused-ring (bicyclic) bond motifs is 3. The Morgan fingerprint density at radius 1 is 0.929 bits per heavy atom. The van der Waals surface area contributed by atoms with Crippen molar-refractivity contribution in [3.05, 3.63) is 95.1 Å². The molecule has 1 aliphatic carbocycles. The number of rotatable bonds is 3. The molecule has 3 aromatic carbocycles. The van der Waals surface area contributed by atoms with Crippen molar-refractivity contribution in [2.75, 3.05) is 11.9 Å². The molecule has 1 aliphatic heterocycles. The van der Waals surface area contributed by atoms with Gasteiger partial charge in [0.15, 0.2) is 5.78 Å². The molecule has 0 fully saturated rings. The minimum absolute atomic E-state index is 0.0923. The monoisotopic (exact) mass is 385 g/mol. The lowest BCUT2D eigenvalue weighted by Gasteiger charge is -2.20. The first-order valence-electron chi connectivity index (χ1n) is 9.40. The normalized spacial score (nSPS) is 17.3. The zero-order chi connectivity index (χ0) is 19.1. The Bertz CT molecular complexity index is 1120. The molecular weight excluding hydrogens is 366 g/mol. The van der Waals surface area contributed by atoms with Gasteiger partial charge in [-0.1, -0.05) is 54.6 Å². The smallest absolute Gasteiger partial charge is 0.193 e. The maximum atomic E-state index is 13.4. The first kappa shape index (κ1) is 17.1. The molecule has 1 atom stereocenters. The van der Waals surface area contributed by atoms with E-state index in [2.05, 4.69) is 23.5 Å². The van der Waals surface area contributed by atoms with Gasteiger partial charge >= 0.3 is 0 Å². The van der Waals surface area contributed by atoms with Gasteiger partial charge in [-0.3, -0.25) is 4.79 Å². The van der Waals surface area contributed by atoms with Crippen molar-refractivity contribution in [2.24, 2.45) is 0 Å². The highest BCUT2D eigenvalue weighted by molar-refractivity contribution is 8.00. The highest BCUT2D eigenvalue weighted by Gasteiger charge is 2.38. The van der Waals surface area contributed by atoms with Gasteiger partial charge in [-0.2, -0.15) is 0 Å². The van der Waals surface area contributed by atoms with Crippen LogP contribution >= 0.6 is 11.8 Å². The summed E-state index contributed by atoms with van der Waals surface area (Å²) in [5.74, 6) is 0.923. The van der Waals surface area contributed by atoms with Gasteiger partial charge in [-0.15, -0.1) is 11.8 Å². The molecule has 3 nitrogen and oxygen atoms in total. The zero-order valence-electron chi connectivity index (χ0n) is 15.4. The van der Waals surface area contributed by atoms with Crippen LogP contribution in [0.5, 0.6) is 5.75 Å². The molecule has 0 spiro atoms. The minimum Gasteiger partial charge on any atom is -0.494 e. The van der Waals surface area contributed by atoms with Crippen LogP contribution in [0.2, 0.25) is 0 Å². The Kier molecular flexibility index (Phi) is 4.21. The Morgan fingerprint density at radius 3 is 2.50 bits per heavy atom. The number of Topliss-reactive ketones (excluding diaryl/α,β-unsaturated/α-hetero) is 1. The van der Waals surface area contributed by atoms with Gasteiger partial charge in [0.05, 0.1) is 23.2 Å². The fraction of sp³-hybridized carbons (Fsp3) is 0.125. The van der Waals surface area contributed by atoms with Gasteiger partial charge in [0, 0.05) is 27.2 Å². The maximum absolute atomic E-state index is 13.4. The summed E-state index contributed by atoms with van der Waals surface area (Å²) in [6.45, 7) is 2.57. The molecular formula is C24H19NO2S. The molecule has 138 valence electrons. The summed E-state index contributed by atoms with van der Waals surface area (Å²) < 4.78 is 5.91. The SMILES string of the molecule is CCOc1ccccc1[C@@H]1Sc2ccccc2NC2=C1C(=O)c1ccccc12. The minimum atomic E-state index is -0.145. The van der Waals surface area contributed by atoms with E-state index in [-0.39, 0.29) is 11.0 Å². The van der Waals surface area contributed by atoms with Crippen molar-refractivity contribution in [2.45, 2.75) is 17.1 Å². The highest BCUT2D eigenvalue weighted by atomic mass is 32.2. The third-order valence-electron chi connectivity index (χ3n) is 5.11. The molecule has 0 saturated heterocycles. The number of para-hydroxylation sites is 2. The first-order chi connectivity index (χ1) is 13.8. The highest BCUT2D eigenvalue weighted by Crippen LogP contribution is 2.53. The van der Waals surface area contributed by atoms with Crippen LogP contribution in [0.3, 0.4) is 0 Å². The van der Waals surface area contributed by atoms with Crippen molar-refractivity contribution >= 4 is 28.9 Å². The summed E-state index contributed by atoms with van der Waals surface area (Å²) >= 11 is 1.70. The third kappa shape index (κ3) is 2.64. The van der Waals surface area contributed by atoms with Crippen molar-refractivity contribution in [3.63, 3.8) is 0 Å². The number of carbonyl (C=O) groups is 1. The van der Waals surface area contributed by atoms with E-state index in [1.807, 2.05) is 61.5 Å².